The highest BCUT2D eigenvalue weighted by molar-refractivity contribution is 4.88. The van der Waals surface area contributed by atoms with Gasteiger partial charge in [-0.25, -0.2) is 0 Å². The maximum atomic E-state index is 10.2. The van der Waals surface area contributed by atoms with Crippen LogP contribution in [0.25, 0.3) is 0 Å². The molecule has 0 spiro atoms. The van der Waals surface area contributed by atoms with Crippen molar-refractivity contribution >= 4 is 0 Å². The summed E-state index contributed by atoms with van der Waals surface area (Å²) < 4.78 is 0. The molecule has 2 fully saturated rings. The van der Waals surface area contributed by atoms with E-state index in [1.807, 2.05) is 0 Å². The maximum absolute atomic E-state index is 10.2. The molecule has 3 nitrogen and oxygen atoms in total. The van der Waals surface area contributed by atoms with Crippen LogP contribution in [-0.2, 0) is 0 Å². The summed E-state index contributed by atoms with van der Waals surface area (Å²) in [7, 11) is 2.20. The van der Waals surface area contributed by atoms with Gasteiger partial charge in [-0.05, 0) is 44.6 Å². The molecule has 3 atom stereocenters. The third-order valence-corrected chi connectivity index (χ3v) is 4.91. The lowest BCUT2D eigenvalue weighted by atomic mass is 9.70. The van der Waals surface area contributed by atoms with Gasteiger partial charge in [0.25, 0.3) is 0 Å². The molecule has 1 N–H and O–H groups in total. The van der Waals surface area contributed by atoms with E-state index in [2.05, 4.69) is 37.6 Å². The Morgan fingerprint density at radius 1 is 1.28 bits per heavy atom. The van der Waals surface area contributed by atoms with E-state index in [-0.39, 0.29) is 6.10 Å². The van der Waals surface area contributed by atoms with Crippen LogP contribution in [-0.4, -0.2) is 60.3 Å². The lowest BCUT2D eigenvalue weighted by Crippen LogP contribution is -2.53. The Balaban J connectivity index is 1.91. The van der Waals surface area contributed by atoms with Crippen LogP contribution < -0.4 is 0 Å². The summed E-state index contributed by atoms with van der Waals surface area (Å²) in [5.74, 6) is 0.472. The van der Waals surface area contributed by atoms with Gasteiger partial charge in [-0.15, -0.1) is 0 Å². The Morgan fingerprint density at radius 3 is 2.67 bits per heavy atom. The van der Waals surface area contributed by atoms with Gasteiger partial charge in [0.2, 0.25) is 0 Å². The standard InChI is InChI=1S/C15H30N2O/c1-12-10-16(4)7-8-17(12)11-13-9-15(2,3)6-5-14(13)18/h12-14,18H,5-11H2,1-4H3. The van der Waals surface area contributed by atoms with Crippen molar-refractivity contribution in [2.45, 2.75) is 52.2 Å². The number of likely N-dealkylation sites (N-methyl/N-ethyl adjacent to an activating group) is 1. The van der Waals surface area contributed by atoms with Gasteiger partial charge in [-0.3, -0.25) is 4.90 Å². The van der Waals surface area contributed by atoms with Gasteiger partial charge in [0.1, 0.15) is 0 Å². The zero-order chi connectivity index (χ0) is 13.3. The third-order valence-electron chi connectivity index (χ3n) is 4.91. The predicted molar refractivity (Wildman–Crippen MR) is 75.7 cm³/mol. The number of piperazine rings is 1. The van der Waals surface area contributed by atoms with E-state index in [9.17, 15) is 5.11 Å². The van der Waals surface area contributed by atoms with E-state index in [1.165, 1.54) is 12.8 Å². The Hall–Kier alpha value is -0.120. The van der Waals surface area contributed by atoms with Crippen LogP contribution in [0.15, 0.2) is 0 Å². The first-order chi connectivity index (χ1) is 8.37. The fourth-order valence-corrected chi connectivity index (χ4v) is 3.66. The van der Waals surface area contributed by atoms with Crippen LogP contribution in [0.4, 0.5) is 0 Å². The summed E-state index contributed by atoms with van der Waals surface area (Å²) in [5.41, 5.74) is 0.416. The van der Waals surface area contributed by atoms with E-state index in [1.54, 1.807) is 0 Å². The molecule has 0 aromatic rings. The first-order valence-corrected chi connectivity index (χ1v) is 7.48. The fourth-order valence-electron chi connectivity index (χ4n) is 3.66. The summed E-state index contributed by atoms with van der Waals surface area (Å²) >= 11 is 0. The second-order valence-corrected chi connectivity index (χ2v) is 7.34. The maximum Gasteiger partial charge on any atom is 0.0581 e. The predicted octanol–water partition coefficient (Wildman–Crippen LogP) is 1.81. The molecule has 0 aromatic carbocycles. The summed E-state index contributed by atoms with van der Waals surface area (Å²) in [6.07, 6.45) is 3.25. The molecule has 2 aliphatic rings. The van der Waals surface area contributed by atoms with Crippen LogP contribution in [0.3, 0.4) is 0 Å². The Labute approximate surface area is 112 Å². The molecule has 3 unspecified atom stereocenters. The Kier molecular flexibility index (Phi) is 4.35. The molecule has 18 heavy (non-hydrogen) atoms. The molecule has 106 valence electrons. The van der Waals surface area contributed by atoms with E-state index in [4.69, 9.17) is 0 Å². The monoisotopic (exact) mass is 254 g/mol. The Morgan fingerprint density at radius 2 is 2.00 bits per heavy atom. The highest BCUT2D eigenvalue weighted by atomic mass is 16.3. The fraction of sp³-hybridized carbons (Fsp3) is 1.00. The SMILES string of the molecule is CC1CN(C)CCN1CC1CC(C)(C)CCC1O. The minimum absolute atomic E-state index is 0.0788. The van der Waals surface area contributed by atoms with Crippen LogP contribution in [0.1, 0.15) is 40.0 Å². The second kappa shape index (κ2) is 5.48. The van der Waals surface area contributed by atoms with Gasteiger partial charge in [0, 0.05) is 32.2 Å². The largest absolute Gasteiger partial charge is 0.393 e. The molecule has 1 aliphatic carbocycles. The number of hydrogen-bond donors (Lipinski definition) is 1. The van der Waals surface area contributed by atoms with Gasteiger partial charge in [0.05, 0.1) is 6.10 Å². The van der Waals surface area contributed by atoms with Crippen LogP contribution in [0.5, 0.6) is 0 Å². The molecule has 0 amide bonds. The van der Waals surface area contributed by atoms with Gasteiger partial charge < -0.3 is 10.0 Å². The van der Waals surface area contributed by atoms with Crippen LogP contribution in [0, 0.1) is 11.3 Å². The Bertz CT molecular complexity index is 280. The quantitative estimate of drug-likeness (QED) is 0.814. The van der Waals surface area contributed by atoms with Gasteiger partial charge in [-0.1, -0.05) is 13.8 Å². The molecule has 3 heteroatoms. The van der Waals surface area contributed by atoms with E-state index in [0.717, 1.165) is 32.6 Å². The molecule has 1 heterocycles. The summed E-state index contributed by atoms with van der Waals surface area (Å²) in [6.45, 7) is 11.6. The first kappa shape index (κ1) is 14.3. The smallest absolute Gasteiger partial charge is 0.0581 e. The molecule has 1 saturated carbocycles. The number of nitrogens with zero attached hydrogens (tertiary/aromatic N) is 2. The highest BCUT2D eigenvalue weighted by Crippen LogP contribution is 2.39. The van der Waals surface area contributed by atoms with E-state index in [0.29, 0.717) is 17.4 Å². The molecular formula is C15H30N2O. The lowest BCUT2D eigenvalue weighted by Gasteiger charge is -2.44. The number of hydrogen-bond acceptors (Lipinski definition) is 3. The highest BCUT2D eigenvalue weighted by Gasteiger charge is 2.36. The zero-order valence-corrected chi connectivity index (χ0v) is 12.5. The topological polar surface area (TPSA) is 26.7 Å². The van der Waals surface area contributed by atoms with Crippen LogP contribution in [0.2, 0.25) is 0 Å². The van der Waals surface area contributed by atoms with Crippen molar-refractivity contribution in [2.75, 3.05) is 33.2 Å². The summed E-state index contributed by atoms with van der Waals surface area (Å²) in [6, 6.07) is 0.626. The summed E-state index contributed by atoms with van der Waals surface area (Å²) in [4.78, 5) is 4.98. The molecule has 1 aliphatic heterocycles. The second-order valence-electron chi connectivity index (χ2n) is 7.34. The number of aliphatic hydroxyl groups excluding tert-OH is 1. The lowest BCUT2D eigenvalue weighted by molar-refractivity contribution is -0.0124. The molecule has 1 saturated heterocycles. The van der Waals surface area contributed by atoms with Crippen molar-refractivity contribution in [1.29, 1.82) is 0 Å². The molecule has 0 bridgehead atoms. The average molecular weight is 254 g/mol. The van der Waals surface area contributed by atoms with Gasteiger partial charge >= 0.3 is 0 Å². The van der Waals surface area contributed by atoms with Crippen LogP contribution >= 0.6 is 0 Å². The minimum atomic E-state index is -0.0788. The van der Waals surface area contributed by atoms with Crippen molar-refractivity contribution < 1.29 is 5.11 Å². The minimum Gasteiger partial charge on any atom is -0.393 e. The average Bonchev–Trinajstić information content (AvgIpc) is 2.27. The van der Waals surface area contributed by atoms with Crippen molar-refractivity contribution in [3.05, 3.63) is 0 Å². The van der Waals surface area contributed by atoms with Crippen molar-refractivity contribution in [3.8, 4) is 0 Å². The number of aliphatic hydroxyl groups is 1. The molecule has 0 aromatic heterocycles. The first-order valence-electron chi connectivity index (χ1n) is 7.48. The van der Waals surface area contributed by atoms with Crippen molar-refractivity contribution in [1.82, 2.24) is 9.80 Å². The third kappa shape index (κ3) is 3.46. The van der Waals surface area contributed by atoms with Gasteiger partial charge in [-0.2, -0.15) is 0 Å². The van der Waals surface area contributed by atoms with E-state index >= 15 is 0 Å². The molecular weight excluding hydrogens is 224 g/mol. The molecule has 0 radical (unpaired) electrons. The molecule has 2 rings (SSSR count). The van der Waals surface area contributed by atoms with Crippen molar-refractivity contribution in [2.24, 2.45) is 11.3 Å². The summed E-state index contributed by atoms with van der Waals surface area (Å²) in [5, 5.41) is 10.2. The van der Waals surface area contributed by atoms with E-state index < -0.39 is 0 Å². The van der Waals surface area contributed by atoms with Crippen molar-refractivity contribution in [3.63, 3.8) is 0 Å². The number of rotatable bonds is 2. The normalized spacial score (nSPS) is 38.8. The van der Waals surface area contributed by atoms with Gasteiger partial charge in [0.15, 0.2) is 0 Å². The zero-order valence-electron chi connectivity index (χ0n) is 12.5.